The zero-order valence-electron chi connectivity index (χ0n) is 17.3. The van der Waals surface area contributed by atoms with Crippen LogP contribution in [0.3, 0.4) is 0 Å². The molecular weight excluding hydrogens is 364 g/mol. The third-order valence-electron chi connectivity index (χ3n) is 3.11. The van der Waals surface area contributed by atoms with E-state index in [0.29, 0.717) is 12.4 Å². The van der Waals surface area contributed by atoms with Crippen LogP contribution in [-0.2, 0) is 14.3 Å². The number of esters is 1. The molecule has 1 aromatic rings. The molecule has 2 N–H and O–H groups in total. The van der Waals surface area contributed by atoms with Crippen molar-refractivity contribution >= 4 is 29.0 Å². The van der Waals surface area contributed by atoms with E-state index in [1.165, 1.54) is 0 Å². The summed E-state index contributed by atoms with van der Waals surface area (Å²) in [5.74, 6) is 0.262. The van der Waals surface area contributed by atoms with Crippen molar-refractivity contribution < 1.29 is 19.0 Å². The van der Waals surface area contributed by atoms with Crippen molar-refractivity contribution in [1.82, 2.24) is 5.32 Å². The van der Waals surface area contributed by atoms with Crippen molar-refractivity contribution in [2.24, 2.45) is 0 Å². The monoisotopic (exact) mass is 396 g/mol. The zero-order valence-corrected chi connectivity index (χ0v) is 18.2. The molecule has 1 rings (SSSR count). The van der Waals surface area contributed by atoms with Crippen LogP contribution in [0.5, 0.6) is 5.75 Å². The summed E-state index contributed by atoms with van der Waals surface area (Å²) in [6.45, 7) is 13.8. The first-order valence-corrected chi connectivity index (χ1v) is 9.48. The summed E-state index contributed by atoms with van der Waals surface area (Å²) in [6.07, 6.45) is 0. The molecule has 0 aromatic heterocycles. The van der Waals surface area contributed by atoms with Crippen LogP contribution < -0.4 is 15.4 Å². The highest BCUT2D eigenvalue weighted by atomic mass is 32.1. The Morgan fingerprint density at radius 3 is 2.30 bits per heavy atom. The Hall–Kier alpha value is -1.86. The van der Waals surface area contributed by atoms with Crippen LogP contribution >= 0.6 is 12.2 Å². The van der Waals surface area contributed by atoms with Crippen molar-refractivity contribution in [2.75, 3.05) is 18.5 Å². The molecule has 27 heavy (non-hydrogen) atoms. The molecule has 0 fully saturated rings. The van der Waals surface area contributed by atoms with E-state index in [-0.39, 0.29) is 11.7 Å². The molecule has 1 aromatic carbocycles. The van der Waals surface area contributed by atoms with E-state index in [0.717, 1.165) is 5.69 Å². The molecule has 6 nitrogen and oxygen atoms in total. The SMILES string of the molecule is CCOc1ccccc1NC(=S)NC(COC(C)(C)C)C(=O)OC(C)(C)C. The van der Waals surface area contributed by atoms with Gasteiger partial charge in [0.2, 0.25) is 0 Å². The quantitative estimate of drug-likeness (QED) is 0.535. The van der Waals surface area contributed by atoms with Gasteiger partial charge in [0, 0.05) is 0 Å². The minimum absolute atomic E-state index is 0.132. The summed E-state index contributed by atoms with van der Waals surface area (Å²) in [6, 6.07) is 6.73. The largest absolute Gasteiger partial charge is 0.492 e. The highest BCUT2D eigenvalue weighted by Crippen LogP contribution is 2.23. The number of carbonyl (C=O) groups is 1. The Balaban J connectivity index is 2.84. The lowest BCUT2D eigenvalue weighted by atomic mass is 10.1. The Kier molecular flexibility index (Phi) is 8.50. The van der Waals surface area contributed by atoms with Gasteiger partial charge >= 0.3 is 5.97 Å². The van der Waals surface area contributed by atoms with Gasteiger partial charge in [-0.25, -0.2) is 4.79 Å². The number of ether oxygens (including phenoxy) is 3. The second-order valence-electron chi connectivity index (χ2n) is 8.04. The fourth-order valence-electron chi connectivity index (χ4n) is 2.04. The summed E-state index contributed by atoms with van der Waals surface area (Å²) in [7, 11) is 0. The number of nitrogens with one attached hydrogen (secondary N) is 2. The smallest absolute Gasteiger partial charge is 0.331 e. The molecule has 0 heterocycles. The Bertz CT molecular complexity index is 636. The maximum atomic E-state index is 12.6. The van der Waals surface area contributed by atoms with E-state index in [1.807, 2.05) is 72.7 Å². The predicted octanol–water partition coefficient (Wildman–Crippen LogP) is 3.90. The lowest BCUT2D eigenvalue weighted by Gasteiger charge is -2.28. The van der Waals surface area contributed by atoms with Gasteiger partial charge in [0.15, 0.2) is 5.11 Å². The summed E-state index contributed by atoms with van der Waals surface area (Å²) >= 11 is 5.38. The van der Waals surface area contributed by atoms with Gasteiger partial charge in [0.25, 0.3) is 0 Å². The minimum atomic E-state index is -0.734. The van der Waals surface area contributed by atoms with Crippen LogP contribution in [0.25, 0.3) is 0 Å². The first-order valence-electron chi connectivity index (χ1n) is 9.07. The molecule has 0 radical (unpaired) electrons. The Morgan fingerprint density at radius 2 is 1.74 bits per heavy atom. The average molecular weight is 397 g/mol. The number of rotatable bonds is 7. The summed E-state index contributed by atoms with van der Waals surface area (Å²) in [4.78, 5) is 12.6. The fraction of sp³-hybridized carbons (Fsp3) is 0.600. The zero-order chi connectivity index (χ0) is 20.7. The van der Waals surface area contributed by atoms with Crippen molar-refractivity contribution in [2.45, 2.75) is 65.7 Å². The summed E-state index contributed by atoms with van der Waals surface area (Å²) in [5, 5.41) is 6.36. The van der Waals surface area contributed by atoms with E-state index in [9.17, 15) is 4.79 Å². The van der Waals surface area contributed by atoms with Gasteiger partial charge in [-0.3, -0.25) is 0 Å². The van der Waals surface area contributed by atoms with Crippen LogP contribution in [0.4, 0.5) is 5.69 Å². The molecule has 1 atom stereocenters. The highest BCUT2D eigenvalue weighted by Gasteiger charge is 2.28. The van der Waals surface area contributed by atoms with E-state index < -0.39 is 23.2 Å². The normalized spacial score (nSPS) is 12.9. The molecule has 0 amide bonds. The lowest BCUT2D eigenvalue weighted by Crippen LogP contribution is -2.49. The molecule has 0 aliphatic heterocycles. The predicted molar refractivity (Wildman–Crippen MR) is 112 cm³/mol. The molecule has 0 aliphatic rings. The topological polar surface area (TPSA) is 68.8 Å². The Labute approximate surface area is 168 Å². The number of benzene rings is 1. The molecule has 0 aliphatic carbocycles. The fourth-order valence-corrected chi connectivity index (χ4v) is 2.30. The molecule has 7 heteroatoms. The maximum Gasteiger partial charge on any atom is 0.331 e. The second kappa shape index (κ2) is 9.90. The van der Waals surface area contributed by atoms with Crippen LogP contribution in [0.1, 0.15) is 48.5 Å². The van der Waals surface area contributed by atoms with Gasteiger partial charge in [0.05, 0.1) is 24.5 Å². The lowest BCUT2D eigenvalue weighted by molar-refractivity contribution is -0.159. The number of para-hydroxylation sites is 2. The van der Waals surface area contributed by atoms with Crippen molar-refractivity contribution in [1.29, 1.82) is 0 Å². The average Bonchev–Trinajstić information content (AvgIpc) is 2.51. The van der Waals surface area contributed by atoms with Gasteiger partial charge < -0.3 is 24.8 Å². The van der Waals surface area contributed by atoms with Crippen LogP contribution in [0.2, 0.25) is 0 Å². The maximum absolute atomic E-state index is 12.6. The minimum Gasteiger partial charge on any atom is -0.492 e. The third kappa shape index (κ3) is 9.58. The number of anilines is 1. The van der Waals surface area contributed by atoms with E-state index in [1.54, 1.807) is 0 Å². The van der Waals surface area contributed by atoms with Crippen molar-refractivity contribution in [3.05, 3.63) is 24.3 Å². The molecule has 0 saturated carbocycles. The number of hydrogen-bond acceptors (Lipinski definition) is 5. The second-order valence-corrected chi connectivity index (χ2v) is 8.45. The molecular formula is C20H32N2O4S. The molecule has 0 spiro atoms. The van der Waals surface area contributed by atoms with Gasteiger partial charge in [-0.2, -0.15) is 0 Å². The standard InChI is InChI=1S/C20H32N2O4S/c1-8-24-16-12-10-9-11-14(16)21-18(27)22-15(13-25-19(2,3)4)17(23)26-20(5,6)7/h9-12,15H,8,13H2,1-7H3,(H2,21,22,27). The van der Waals surface area contributed by atoms with E-state index in [2.05, 4.69) is 10.6 Å². The summed E-state index contributed by atoms with van der Waals surface area (Å²) < 4.78 is 16.8. The molecule has 152 valence electrons. The third-order valence-corrected chi connectivity index (χ3v) is 3.33. The van der Waals surface area contributed by atoms with Gasteiger partial charge in [0.1, 0.15) is 17.4 Å². The summed E-state index contributed by atoms with van der Waals surface area (Å²) in [5.41, 5.74) is -0.273. The van der Waals surface area contributed by atoms with Crippen molar-refractivity contribution in [3.63, 3.8) is 0 Å². The van der Waals surface area contributed by atoms with Crippen LogP contribution in [0, 0.1) is 0 Å². The number of thiocarbonyl (C=S) groups is 1. The van der Waals surface area contributed by atoms with Crippen LogP contribution in [-0.4, -0.2) is 41.5 Å². The van der Waals surface area contributed by atoms with Crippen molar-refractivity contribution in [3.8, 4) is 5.75 Å². The molecule has 0 saturated heterocycles. The van der Waals surface area contributed by atoms with Crippen LogP contribution in [0.15, 0.2) is 24.3 Å². The van der Waals surface area contributed by atoms with Gasteiger partial charge in [-0.1, -0.05) is 12.1 Å². The number of carbonyl (C=O) groups excluding carboxylic acids is 1. The molecule has 1 unspecified atom stereocenters. The van der Waals surface area contributed by atoms with E-state index in [4.69, 9.17) is 26.4 Å². The van der Waals surface area contributed by atoms with Gasteiger partial charge in [-0.05, 0) is 72.8 Å². The first-order chi connectivity index (χ1) is 12.4. The van der Waals surface area contributed by atoms with Gasteiger partial charge in [-0.15, -0.1) is 0 Å². The first kappa shape index (κ1) is 23.2. The van der Waals surface area contributed by atoms with E-state index >= 15 is 0 Å². The number of hydrogen-bond donors (Lipinski definition) is 2. The molecule has 0 bridgehead atoms. The Morgan fingerprint density at radius 1 is 1.11 bits per heavy atom. The highest BCUT2D eigenvalue weighted by molar-refractivity contribution is 7.80.